The van der Waals surface area contributed by atoms with Crippen LogP contribution < -0.4 is 5.46 Å². The van der Waals surface area contributed by atoms with Crippen LogP contribution in [0.5, 0.6) is 0 Å². The van der Waals surface area contributed by atoms with Gasteiger partial charge < -0.3 is 14.4 Å². The Kier molecular flexibility index (Phi) is 3.71. The van der Waals surface area contributed by atoms with Crippen molar-refractivity contribution >= 4 is 12.6 Å². The molecular weight excluding hydrogens is 275 g/mol. The monoisotopic (exact) mass is 302 g/mol. The molecule has 1 saturated heterocycles. The predicted octanol–water partition coefficient (Wildman–Crippen LogP) is 3.06. The lowest BCUT2D eigenvalue weighted by molar-refractivity contribution is 0.00578. The third-order valence-electron chi connectivity index (χ3n) is 5.75. The van der Waals surface area contributed by atoms with E-state index >= 15 is 0 Å². The van der Waals surface area contributed by atoms with Gasteiger partial charge in [-0.3, -0.25) is 0 Å². The van der Waals surface area contributed by atoms with E-state index < -0.39 is 5.60 Å². The van der Waals surface area contributed by atoms with Gasteiger partial charge in [-0.1, -0.05) is 36.6 Å². The van der Waals surface area contributed by atoms with E-state index in [1.165, 1.54) is 0 Å². The van der Waals surface area contributed by atoms with Crippen molar-refractivity contribution in [3.63, 3.8) is 0 Å². The molecule has 1 aliphatic heterocycles. The number of aryl methyl sites for hydroxylation is 1. The fraction of sp³-hybridized carbons (Fsp3) is 0.667. The molecule has 0 atom stereocenters. The summed E-state index contributed by atoms with van der Waals surface area (Å²) < 4.78 is 12.4. The van der Waals surface area contributed by atoms with Crippen LogP contribution in [-0.4, -0.2) is 23.4 Å². The molecular formula is C18H27BO3. The first-order chi connectivity index (χ1) is 10.1. The molecule has 4 heteroatoms. The van der Waals surface area contributed by atoms with E-state index in [2.05, 4.69) is 52.8 Å². The van der Waals surface area contributed by atoms with Crippen LogP contribution in [0, 0.1) is 6.92 Å². The molecule has 0 bridgehead atoms. The van der Waals surface area contributed by atoms with Crippen LogP contribution in [0.3, 0.4) is 0 Å². The van der Waals surface area contributed by atoms with Crippen LogP contribution in [-0.2, 0) is 14.9 Å². The summed E-state index contributed by atoms with van der Waals surface area (Å²) >= 11 is 0. The molecule has 3 rings (SSSR count). The highest BCUT2D eigenvalue weighted by Gasteiger charge is 2.52. The Bertz CT molecular complexity index is 558. The Morgan fingerprint density at radius 1 is 1.00 bits per heavy atom. The van der Waals surface area contributed by atoms with E-state index in [0.29, 0.717) is 0 Å². The Morgan fingerprint density at radius 3 is 2.09 bits per heavy atom. The van der Waals surface area contributed by atoms with Gasteiger partial charge in [0.25, 0.3) is 0 Å². The average molecular weight is 302 g/mol. The van der Waals surface area contributed by atoms with E-state index in [4.69, 9.17) is 9.31 Å². The van der Waals surface area contributed by atoms with Crippen LogP contribution >= 0.6 is 0 Å². The molecule has 1 aromatic carbocycles. The van der Waals surface area contributed by atoms with E-state index in [1.54, 1.807) is 0 Å². The molecule has 1 heterocycles. The molecule has 0 radical (unpaired) electrons. The van der Waals surface area contributed by atoms with Gasteiger partial charge in [0, 0.05) is 0 Å². The maximum Gasteiger partial charge on any atom is 0.495 e. The average Bonchev–Trinajstić information content (AvgIpc) is 2.93. The summed E-state index contributed by atoms with van der Waals surface area (Å²) in [6, 6.07) is 6.21. The van der Waals surface area contributed by atoms with Crippen molar-refractivity contribution in [1.82, 2.24) is 0 Å². The minimum absolute atomic E-state index is 0.343. The highest BCUT2D eigenvalue weighted by molar-refractivity contribution is 6.62. The van der Waals surface area contributed by atoms with Gasteiger partial charge in [0.15, 0.2) is 0 Å². The highest BCUT2D eigenvalue weighted by Crippen LogP contribution is 2.39. The summed E-state index contributed by atoms with van der Waals surface area (Å²) in [6.07, 6.45) is 3.88. The Balaban J connectivity index is 1.95. The first-order valence-electron chi connectivity index (χ1n) is 8.34. The van der Waals surface area contributed by atoms with Crippen molar-refractivity contribution in [2.45, 2.75) is 77.1 Å². The highest BCUT2D eigenvalue weighted by atomic mass is 16.7. The molecule has 1 N–H and O–H groups in total. The van der Waals surface area contributed by atoms with Gasteiger partial charge in [-0.15, -0.1) is 0 Å². The summed E-state index contributed by atoms with van der Waals surface area (Å²) in [6.45, 7) is 10.3. The largest absolute Gasteiger partial charge is 0.495 e. The SMILES string of the molecule is Cc1ccc(C2(O)CCCC2)cc1B1OC(C)(C)C(C)(C)O1. The van der Waals surface area contributed by atoms with Gasteiger partial charge in [0.1, 0.15) is 0 Å². The molecule has 3 nitrogen and oxygen atoms in total. The Labute approximate surface area is 134 Å². The minimum atomic E-state index is -0.675. The molecule has 0 unspecified atom stereocenters. The molecule has 1 saturated carbocycles. The zero-order chi connectivity index (χ0) is 16.2. The number of hydrogen-bond acceptors (Lipinski definition) is 3. The van der Waals surface area contributed by atoms with Gasteiger partial charge in [-0.25, -0.2) is 0 Å². The smallest absolute Gasteiger partial charge is 0.399 e. The maximum atomic E-state index is 10.8. The van der Waals surface area contributed by atoms with E-state index in [-0.39, 0.29) is 18.3 Å². The summed E-state index contributed by atoms with van der Waals surface area (Å²) in [5, 5.41) is 10.8. The van der Waals surface area contributed by atoms with Crippen molar-refractivity contribution in [2.24, 2.45) is 0 Å². The third-order valence-corrected chi connectivity index (χ3v) is 5.75. The lowest BCUT2D eigenvalue weighted by atomic mass is 9.74. The Morgan fingerprint density at radius 2 is 1.55 bits per heavy atom. The van der Waals surface area contributed by atoms with Crippen LogP contribution in [0.2, 0.25) is 0 Å². The van der Waals surface area contributed by atoms with Gasteiger partial charge in [-0.2, -0.15) is 0 Å². The molecule has 22 heavy (non-hydrogen) atoms. The van der Waals surface area contributed by atoms with Gasteiger partial charge in [-0.05, 0) is 58.5 Å². The fourth-order valence-electron chi connectivity index (χ4n) is 3.40. The Hall–Kier alpha value is -0.835. The van der Waals surface area contributed by atoms with Crippen LogP contribution in [0.4, 0.5) is 0 Å². The molecule has 2 fully saturated rings. The first-order valence-corrected chi connectivity index (χ1v) is 8.34. The van der Waals surface area contributed by atoms with Crippen molar-refractivity contribution in [3.8, 4) is 0 Å². The summed E-state index contributed by atoms with van der Waals surface area (Å²) in [7, 11) is -0.366. The number of benzene rings is 1. The number of hydrogen-bond donors (Lipinski definition) is 1. The van der Waals surface area contributed by atoms with Crippen molar-refractivity contribution < 1.29 is 14.4 Å². The molecule has 1 aliphatic carbocycles. The van der Waals surface area contributed by atoms with Gasteiger partial charge >= 0.3 is 7.12 Å². The summed E-state index contributed by atoms with van der Waals surface area (Å²) in [5.41, 5.74) is 1.82. The molecule has 1 aromatic rings. The summed E-state index contributed by atoms with van der Waals surface area (Å²) in [4.78, 5) is 0. The van der Waals surface area contributed by atoms with Crippen molar-refractivity contribution in [3.05, 3.63) is 29.3 Å². The minimum Gasteiger partial charge on any atom is -0.399 e. The lowest BCUT2D eigenvalue weighted by Gasteiger charge is -2.32. The number of aliphatic hydroxyl groups is 1. The van der Waals surface area contributed by atoms with Crippen LogP contribution in [0.1, 0.15) is 64.5 Å². The van der Waals surface area contributed by atoms with Crippen molar-refractivity contribution in [1.29, 1.82) is 0 Å². The molecule has 0 aromatic heterocycles. The third kappa shape index (κ3) is 2.51. The zero-order valence-electron chi connectivity index (χ0n) is 14.4. The zero-order valence-corrected chi connectivity index (χ0v) is 14.4. The maximum absolute atomic E-state index is 10.8. The lowest BCUT2D eigenvalue weighted by Crippen LogP contribution is -2.41. The molecule has 0 spiro atoms. The van der Waals surface area contributed by atoms with Gasteiger partial charge in [0.2, 0.25) is 0 Å². The second kappa shape index (κ2) is 5.08. The van der Waals surface area contributed by atoms with E-state index in [1.807, 2.05) is 0 Å². The normalized spacial score (nSPS) is 25.6. The topological polar surface area (TPSA) is 38.7 Å². The molecule has 120 valence electrons. The number of rotatable bonds is 2. The fourth-order valence-corrected chi connectivity index (χ4v) is 3.40. The predicted molar refractivity (Wildman–Crippen MR) is 89.3 cm³/mol. The summed E-state index contributed by atoms with van der Waals surface area (Å²) in [5.74, 6) is 0. The second-order valence-corrected chi connectivity index (χ2v) is 7.90. The van der Waals surface area contributed by atoms with Crippen LogP contribution in [0.25, 0.3) is 0 Å². The van der Waals surface area contributed by atoms with E-state index in [0.717, 1.165) is 42.3 Å². The standard InChI is InChI=1S/C18H27BO3/c1-13-8-9-14(18(20)10-6-7-11-18)12-15(13)19-21-16(2,3)17(4,5)22-19/h8-9,12,20H,6-7,10-11H2,1-5H3. The quantitative estimate of drug-likeness (QED) is 0.853. The van der Waals surface area contributed by atoms with Crippen LogP contribution in [0.15, 0.2) is 18.2 Å². The molecule has 0 amide bonds. The van der Waals surface area contributed by atoms with Crippen molar-refractivity contribution in [2.75, 3.05) is 0 Å². The first kappa shape index (κ1) is 16.0. The second-order valence-electron chi connectivity index (χ2n) is 7.90. The van der Waals surface area contributed by atoms with Gasteiger partial charge in [0.05, 0.1) is 16.8 Å². The molecule has 2 aliphatic rings. The van der Waals surface area contributed by atoms with E-state index in [9.17, 15) is 5.11 Å².